The first kappa shape index (κ1) is 13.5. The van der Waals surface area contributed by atoms with Gasteiger partial charge in [0.15, 0.2) is 10.0 Å². The predicted molar refractivity (Wildman–Crippen MR) is 73.9 cm³/mol. The maximum Gasteiger partial charge on any atom is 0.347 e. The topological polar surface area (TPSA) is 63.1 Å². The number of halogens is 1. The highest BCUT2D eigenvalue weighted by molar-refractivity contribution is 7.24. The second-order valence-corrected chi connectivity index (χ2v) is 7.38. The van der Waals surface area contributed by atoms with Crippen LogP contribution in [0.3, 0.4) is 0 Å². The van der Waals surface area contributed by atoms with Crippen molar-refractivity contribution in [2.45, 2.75) is 26.2 Å². The first-order chi connectivity index (χ1) is 8.29. The molecule has 0 radical (unpaired) electrons. The molecule has 0 saturated carbocycles. The molecule has 0 fully saturated rings. The number of carbonyl (C=O) groups is 1. The molecule has 4 nitrogen and oxygen atoms in total. The summed E-state index contributed by atoms with van der Waals surface area (Å²) in [7, 11) is 0. The normalized spacial score (nSPS) is 11.8. The van der Waals surface area contributed by atoms with Gasteiger partial charge in [-0.3, -0.25) is 0 Å². The van der Waals surface area contributed by atoms with Crippen LogP contribution in [-0.2, 0) is 5.41 Å². The smallest absolute Gasteiger partial charge is 0.347 e. The zero-order chi connectivity index (χ0) is 13.5. The highest BCUT2D eigenvalue weighted by Crippen LogP contribution is 2.36. The van der Waals surface area contributed by atoms with Gasteiger partial charge in [0, 0.05) is 5.41 Å². The highest BCUT2D eigenvalue weighted by Gasteiger charge is 2.27. The number of thiazole rings is 2. The zero-order valence-corrected chi connectivity index (χ0v) is 12.4. The van der Waals surface area contributed by atoms with Crippen molar-refractivity contribution in [1.29, 1.82) is 0 Å². The lowest BCUT2D eigenvalue weighted by atomic mass is 9.91. The minimum atomic E-state index is -0.952. The van der Waals surface area contributed by atoms with Crippen LogP contribution in [0.25, 0.3) is 10.0 Å². The van der Waals surface area contributed by atoms with Crippen molar-refractivity contribution in [2.24, 2.45) is 0 Å². The van der Waals surface area contributed by atoms with E-state index in [9.17, 15) is 9.90 Å². The quantitative estimate of drug-likeness (QED) is 0.913. The largest absolute Gasteiger partial charge is 0.477 e. The number of nitrogens with zero attached hydrogens (tertiary/aromatic N) is 2. The van der Waals surface area contributed by atoms with Gasteiger partial charge in [0.25, 0.3) is 0 Å². The average molecular weight is 303 g/mol. The van der Waals surface area contributed by atoms with Crippen LogP contribution in [0, 0.1) is 0 Å². The molecule has 0 atom stereocenters. The number of hydrogen-bond donors (Lipinski definition) is 1. The Morgan fingerprint density at radius 3 is 2.39 bits per heavy atom. The summed E-state index contributed by atoms with van der Waals surface area (Å²) in [5.41, 5.74) is 0.269. The fraction of sp³-hybridized carbons (Fsp3) is 0.364. The summed E-state index contributed by atoms with van der Waals surface area (Å²) in [6.07, 6.45) is 1.54. The van der Waals surface area contributed by atoms with Crippen LogP contribution in [-0.4, -0.2) is 21.0 Å². The lowest BCUT2D eigenvalue weighted by Crippen LogP contribution is -2.16. The fourth-order valence-corrected chi connectivity index (χ4v) is 3.47. The standard InChI is InChI=1S/C11H11ClN2O2S2/c1-11(2,3)7-6(10(15)16)18-9(14-7)8-13-4-5(12)17-8/h4H,1-3H3,(H,15,16). The Labute approximate surface area is 117 Å². The minimum Gasteiger partial charge on any atom is -0.477 e. The molecule has 2 rings (SSSR count). The summed E-state index contributed by atoms with van der Waals surface area (Å²) in [6.45, 7) is 5.81. The molecule has 0 bridgehead atoms. The van der Waals surface area contributed by atoms with Crippen molar-refractivity contribution in [2.75, 3.05) is 0 Å². The van der Waals surface area contributed by atoms with E-state index in [1.807, 2.05) is 20.8 Å². The van der Waals surface area contributed by atoms with Crippen LogP contribution in [0.2, 0.25) is 4.34 Å². The van der Waals surface area contributed by atoms with Crippen LogP contribution < -0.4 is 0 Å². The van der Waals surface area contributed by atoms with E-state index in [0.29, 0.717) is 20.0 Å². The Bertz CT molecular complexity index is 598. The summed E-state index contributed by atoms with van der Waals surface area (Å²) in [4.78, 5) is 20.0. The highest BCUT2D eigenvalue weighted by atomic mass is 35.5. The maximum absolute atomic E-state index is 11.2. The summed E-state index contributed by atoms with van der Waals surface area (Å²) < 4.78 is 0.564. The number of hydrogen-bond acceptors (Lipinski definition) is 5. The van der Waals surface area contributed by atoms with Crippen molar-refractivity contribution in [3.63, 3.8) is 0 Å². The van der Waals surface area contributed by atoms with Gasteiger partial charge in [-0.2, -0.15) is 0 Å². The summed E-state index contributed by atoms with van der Waals surface area (Å²) in [5, 5.41) is 10.5. The van der Waals surface area contributed by atoms with Gasteiger partial charge in [-0.1, -0.05) is 43.7 Å². The van der Waals surface area contributed by atoms with E-state index in [4.69, 9.17) is 11.6 Å². The van der Waals surface area contributed by atoms with Crippen LogP contribution in [0.1, 0.15) is 36.1 Å². The van der Waals surface area contributed by atoms with Crippen molar-refractivity contribution < 1.29 is 9.90 Å². The molecule has 7 heteroatoms. The van der Waals surface area contributed by atoms with Crippen molar-refractivity contribution >= 4 is 40.2 Å². The summed E-state index contributed by atoms with van der Waals surface area (Å²) >= 11 is 8.26. The Hall–Kier alpha value is -0.980. The van der Waals surface area contributed by atoms with E-state index in [1.54, 1.807) is 6.20 Å². The number of rotatable bonds is 2. The summed E-state index contributed by atoms with van der Waals surface area (Å²) in [5.74, 6) is -0.952. The van der Waals surface area contributed by atoms with Crippen LogP contribution in [0.5, 0.6) is 0 Å². The first-order valence-electron chi connectivity index (χ1n) is 5.15. The third-order valence-corrected chi connectivity index (χ3v) is 4.49. The molecule has 0 aliphatic carbocycles. The third kappa shape index (κ3) is 2.55. The molecule has 0 unspecified atom stereocenters. The van der Waals surface area contributed by atoms with Gasteiger partial charge in [-0.25, -0.2) is 14.8 Å². The molecular formula is C11H11ClN2O2S2. The monoisotopic (exact) mass is 302 g/mol. The van der Waals surface area contributed by atoms with E-state index in [1.165, 1.54) is 11.3 Å². The molecular weight excluding hydrogens is 292 g/mol. The van der Waals surface area contributed by atoms with Crippen LogP contribution in [0.4, 0.5) is 0 Å². The van der Waals surface area contributed by atoms with Gasteiger partial charge in [0.1, 0.15) is 9.21 Å². The molecule has 0 spiro atoms. The Balaban J connectivity index is 2.56. The number of carboxylic acids is 1. The zero-order valence-electron chi connectivity index (χ0n) is 10.0. The van der Waals surface area contributed by atoms with Crippen molar-refractivity contribution in [3.05, 3.63) is 21.1 Å². The van der Waals surface area contributed by atoms with Crippen LogP contribution >= 0.6 is 34.3 Å². The third-order valence-electron chi connectivity index (χ3n) is 2.19. The van der Waals surface area contributed by atoms with Crippen LogP contribution in [0.15, 0.2) is 6.20 Å². The Kier molecular flexibility index (Phi) is 3.44. The van der Waals surface area contributed by atoms with Gasteiger partial charge in [-0.05, 0) is 0 Å². The maximum atomic E-state index is 11.2. The van der Waals surface area contributed by atoms with E-state index in [2.05, 4.69) is 9.97 Å². The average Bonchev–Trinajstić information content (AvgIpc) is 2.81. The van der Waals surface area contributed by atoms with E-state index < -0.39 is 5.97 Å². The SMILES string of the molecule is CC(C)(C)c1nc(-c2ncc(Cl)s2)sc1C(=O)O. The number of aromatic carboxylic acids is 1. The van der Waals surface area contributed by atoms with Gasteiger partial charge in [-0.15, -0.1) is 11.3 Å². The van der Waals surface area contributed by atoms with Gasteiger partial charge >= 0.3 is 5.97 Å². The first-order valence-corrected chi connectivity index (χ1v) is 7.16. The Morgan fingerprint density at radius 2 is 2.00 bits per heavy atom. The second kappa shape index (κ2) is 4.60. The molecule has 2 aromatic heterocycles. The molecule has 0 saturated heterocycles. The van der Waals surface area contributed by atoms with E-state index >= 15 is 0 Å². The Morgan fingerprint density at radius 1 is 1.33 bits per heavy atom. The molecule has 0 amide bonds. The second-order valence-electron chi connectivity index (χ2n) is 4.72. The predicted octanol–water partition coefficient (Wildman–Crippen LogP) is 3.92. The fourth-order valence-electron chi connectivity index (χ4n) is 1.42. The van der Waals surface area contributed by atoms with Gasteiger partial charge in [0.2, 0.25) is 0 Å². The molecule has 96 valence electrons. The van der Waals surface area contributed by atoms with Gasteiger partial charge < -0.3 is 5.11 Å². The molecule has 0 aromatic carbocycles. The molecule has 0 aliphatic heterocycles. The van der Waals surface area contributed by atoms with E-state index in [-0.39, 0.29) is 10.3 Å². The minimum absolute atomic E-state index is 0.267. The lowest BCUT2D eigenvalue weighted by Gasteiger charge is -2.15. The molecule has 2 aromatic rings. The van der Waals surface area contributed by atoms with Crippen molar-refractivity contribution in [1.82, 2.24) is 9.97 Å². The molecule has 2 heterocycles. The molecule has 18 heavy (non-hydrogen) atoms. The lowest BCUT2D eigenvalue weighted by molar-refractivity contribution is 0.0699. The van der Waals surface area contributed by atoms with Gasteiger partial charge in [0.05, 0.1) is 11.9 Å². The molecule has 0 aliphatic rings. The number of carboxylic acid groups (broad SMARTS) is 1. The van der Waals surface area contributed by atoms with Crippen molar-refractivity contribution in [3.8, 4) is 10.0 Å². The molecule has 1 N–H and O–H groups in total. The number of aromatic nitrogens is 2. The van der Waals surface area contributed by atoms with E-state index in [0.717, 1.165) is 11.3 Å². The summed E-state index contributed by atoms with van der Waals surface area (Å²) in [6, 6.07) is 0.